The number of nitrogens with one attached hydrogen (secondary N) is 1. The second-order valence-electron chi connectivity index (χ2n) is 6.28. The highest BCUT2D eigenvalue weighted by Crippen LogP contribution is 2.38. The van der Waals surface area contributed by atoms with Crippen LogP contribution < -0.4 is 19.5 Å². The molecule has 6 nitrogen and oxygen atoms in total. The number of methoxy groups -OCH3 is 3. The smallest absolute Gasteiger partial charge is 0.203 e. The van der Waals surface area contributed by atoms with Crippen LogP contribution in [0.4, 0.5) is 0 Å². The van der Waals surface area contributed by atoms with Gasteiger partial charge in [0.1, 0.15) is 0 Å². The Labute approximate surface area is 161 Å². The van der Waals surface area contributed by atoms with Crippen LogP contribution in [0.1, 0.15) is 16.7 Å². The molecule has 0 saturated carbocycles. The van der Waals surface area contributed by atoms with Crippen molar-refractivity contribution >= 4 is 5.96 Å². The van der Waals surface area contributed by atoms with Crippen molar-refractivity contribution in [1.29, 1.82) is 0 Å². The van der Waals surface area contributed by atoms with E-state index in [1.54, 1.807) is 28.4 Å². The van der Waals surface area contributed by atoms with E-state index in [9.17, 15) is 0 Å². The van der Waals surface area contributed by atoms with E-state index in [2.05, 4.69) is 46.4 Å². The van der Waals surface area contributed by atoms with Gasteiger partial charge in [0.2, 0.25) is 5.75 Å². The van der Waals surface area contributed by atoms with Crippen LogP contribution in [0.15, 0.2) is 41.4 Å². The van der Waals surface area contributed by atoms with Crippen molar-refractivity contribution < 1.29 is 14.2 Å². The normalized spacial score (nSPS) is 11.1. The molecule has 0 spiro atoms. The lowest BCUT2D eigenvalue weighted by Gasteiger charge is -2.22. The number of rotatable bonds is 7. The molecule has 2 aromatic carbocycles. The Morgan fingerprint density at radius 3 is 2.04 bits per heavy atom. The van der Waals surface area contributed by atoms with E-state index in [1.165, 1.54) is 11.1 Å². The zero-order valence-corrected chi connectivity index (χ0v) is 17.0. The third-order valence-electron chi connectivity index (χ3n) is 4.29. The second-order valence-corrected chi connectivity index (χ2v) is 6.28. The average Bonchev–Trinajstić information content (AvgIpc) is 2.69. The molecule has 27 heavy (non-hydrogen) atoms. The minimum absolute atomic E-state index is 0.585. The lowest BCUT2D eigenvalue weighted by Crippen LogP contribution is -2.38. The fourth-order valence-corrected chi connectivity index (χ4v) is 2.85. The first-order chi connectivity index (χ1) is 13.0. The van der Waals surface area contributed by atoms with Gasteiger partial charge in [-0.3, -0.25) is 4.99 Å². The van der Waals surface area contributed by atoms with Crippen LogP contribution in [0.25, 0.3) is 0 Å². The highest BCUT2D eigenvalue weighted by molar-refractivity contribution is 5.79. The summed E-state index contributed by atoms with van der Waals surface area (Å²) in [5.41, 5.74) is 3.50. The molecule has 0 aliphatic rings. The van der Waals surface area contributed by atoms with Gasteiger partial charge in [0, 0.05) is 27.2 Å². The highest BCUT2D eigenvalue weighted by Gasteiger charge is 2.14. The van der Waals surface area contributed by atoms with Gasteiger partial charge in [-0.15, -0.1) is 0 Å². The van der Waals surface area contributed by atoms with E-state index in [0.29, 0.717) is 23.8 Å². The molecule has 1 N–H and O–H groups in total. The average molecular weight is 371 g/mol. The van der Waals surface area contributed by atoms with Gasteiger partial charge in [-0.1, -0.05) is 29.8 Å². The number of hydrogen-bond donors (Lipinski definition) is 1. The van der Waals surface area contributed by atoms with E-state index in [1.807, 2.05) is 19.2 Å². The first kappa shape index (κ1) is 20.4. The molecule has 0 atom stereocenters. The van der Waals surface area contributed by atoms with Gasteiger partial charge in [0.05, 0.1) is 21.3 Å². The molecule has 0 aliphatic carbocycles. The van der Waals surface area contributed by atoms with Gasteiger partial charge in [-0.05, 0) is 30.2 Å². The van der Waals surface area contributed by atoms with Crippen LogP contribution in [0.2, 0.25) is 0 Å². The zero-order chi connectivity index (χ0) is 19.8. The van der Waals surface area contributed by atoms with Crippen LogP contribution >= 0.6 is 0 Å². The first-order valence-electron chi connectivity index (χ1n) is 8.78. The Balaban J connectivity index is 2.08. The first-order valence-corrected chi connectivity index (χ1v) is 8.78. The van der Waals surface area contributed by atoms with Crippen LogP contribution in [-0.4, -0.2) is 46.3 Å². The number of hydrogen-bond acceptors (Lipinski definition) is 4. The summed E-state index contributed by atoms with van der Waals surface area (Å²) in [4.78, 5) is 6.47. The molecule has 0 fully saturated rings. The number of aryl methyl sites for hydroxylation is 1. The maximum Gasteiger partial charge on any atom is 0.203 e. The van der Waals surface area contributed by atoms with E-state index in [4.69, 9.17) is 14.2 Å². The molecule has 0 heterocycles. The summed E-state index contributed by atoms with van der Waals surface area (Å²) in [7, 11) is 8.62. The minimum Gasteiger partial charge on any atom is -0.493 e. The van der Waals surface area contributed by atoms with E-state index >= 15 is 0 Å². The molecule has 0 bridgehead atoms. The molecule has 0 radical (unpaired) electrons. The lowest BCUT2D eigenvalue weighted by atomic mass is 10.1. The van der Waals surface area contributed by atoms with Crippen molar-refractivity contribution in [3.05, 3.63) is 53.1 Å². The van der Waals surface area contributed by atoms with Gasteiger partial charge in [0.25, 0.3) is 0 Å². The maximum absolute atomic E-state index is 5.42. The number of benzene rings is 2. The van der Waals surface area contributed by atoms with Gasteiger partial charge < -0.3 is 24.4 Å². The third kappa shape index (κ3) is 5.29. The van der Waals surface area contributed by atoms with Gasteiger partial charge in [-0.25, -0.2) is 0 Å². The summed E-state index contributed by atoms with van der Waals surface area (Å²) >= 11 is 0. The second kappa shape index (κ2) is 9.71. The molecule has 0 aromatic heterocycles. The van der Waals surface area contributed by atoms with Crippen molar-refractivity contribution in [2.45, 2.75) is 20.0 Å². The van der Waals surface area contributed by atoms with Gasteiger partial charge in [-0.2, -0.15) is 0 Å². The Morgan fingerprint density at radius 1 is 0.963 bits per heavy atom. The molecular formula is C21H29N3O3. The summed E-state index contributed by atoms with van der Waals surface area (Å²) in [6, 6.07) is 12.4. The van der Waals surface area contributed by atoms with E-state index < -0.39 is 0 Å². The standard InChI is InChI=1S/C21H29N3O3/c1-15-7-9-16(10-8-15)14-24(3)21(22-2)23-13-17-11-18(25-4)20(27-6)19(12-17)26-5/h7-12H,13-14H2,1-6H3,(H,22,23). The zero-order valence-electron chi connectivity index (χ0n) is 17.0. The van der Waals surface area contributed by atoms with Crippen molar-refractivity contribution in [2.24, 2.45) is 4.99 Å². The molecule has 6 heteroatoms. The molecule has 0 amide bonds. The number of guanidine groups is 1. The number of nitrogens with zero attached hydrogens (tertiary/aromatic N) is 2. The van der Waals surface area contributed by atoms with Crippen molar-refractivity contribution in [3.63, 3.8) is 0 Å². The summed E-state index contributed by atoms with van der Waals surface area (Å²) in [5.74, 6) is 2.67. The Hall–Kier alpha value is -2.89. The van der Waals surface area contributed by atoms with E-state index in [-0.39, 0.29) is 0 Å². The Bertz CT molecular complexity index is 748. The summed E-state index contributed by atoms with van der Waals surface area (Å²) in [5, 5.41) is 3.38. The van der Waals surface area contributed by atoms with Crippen LogP contribution in [0.5, 0.6) is 17.2 Å². The lowest BCUT2D eigenvalue weighted by molar-refractivity contribution is 0.323. The number of ether oxygens (including phenoxy) is 3. The third-order valence-corrected chi connectivity index (χ3v) is 4.29. The summed E-state index contributed by atoms with van der Waals surface area (Å²) in [6.07, 6.45) is 0. The van der Waals surface area contributed by atoms with Crippen molar-refractivity contribution in [1.82, 2.24) is 10.2 Å². The van der Waals surface area contributed by atoms with Crippen LogP contribution in [-0.2, 0) is 13.1 Å². The molecule has 0 unspecified atom stereocenters. The monoisotopic (exact) mass is 371 g/mol. The fraction of sp³-hybridized carbons (Fsp3) is 0.381. The Morgan fingerprint density at radius 2 is 1.56 bits per heavy atom. The topological polar surface area (TPSA) is 55.3 Å². The summed E-state index contributed by atoms with van der Waals surface area (Å²) in [6.45, 7) is 3.45. The van der Waals surface area contributed by atoms with Crippen molar-refractivity contribution in [3.8, 4) is 17.2 Å². The van der Waals surface area contributed by atoms with Crippen molar-refractivity contribution in [2.75, 3.05) is 35.4 Å². The molecular weight excluding hydrogens is 342 g/mol. The molecule has 2 rings (SSSR count). The maximum atomic E-state index is 5.42. The molecule has 0 aliphatic heterocycles. The summed E-state index contributed by atoms with van der Waals surface area (Å²) < 4.78 is 16.2. The highest BCUT2D eigenvalue weighted by atomic mass is 16.5. The molecule has 0 saturated heterocycles. The molecule has 2 aromatic rings. The number of aliphatic imine (C=N–C) groups is 1. The predicted octanol–water partition coefficient (Wildman–Crippen LogP) is 3.23. The predicted molar refractivity (Wildman–Crippen MR) is 109 cm³/mol. The quantitative estimate of drug-likeness (QED) is 0.598. The Kier molecular flexibility index (Phi) is 7.34. The van der Waals surface area contributed by atoms with Gasteiger partial charge in [0.15, 0.2) is 17.5 Å². The van der Waals surface area contributed by atoms with Crippen LogP contribution in [0.3, 0.4) is 0 Å². The molecule has 146 valence electrons. The largest absolute Gasteiger partial charge is 0.493 e. The minimum atomic E-state index is 0.585. The van der Waals surface area contributed by atoms with Crippen LogP contribution in [0, 0.1) is 6.92 Å². The van der Waals surface area contributed by atoms with E-state index in [0.717, 1.165) is 18.1 Å². The SMILES string of the molecule is CN=C(NCc1cc(OC)c(OC)c(OC)c1)N(C)Cc1ccc(C)cc1. The van der Waals surface area contributed by atoms with Gasteiger partial charge >= 0.3 is 0 Å². The fourth-order valence-electron chi connectivity index (χ4n) is 2.85.